The zero-order valence-corrected chi connectivity index (χ0v) is 12.7. The number of carboxylic acids is 1. The first-order valence-corrected chi connectivity index (χ1v) is 8.36. The number of hydrogen-bond donors (Lipinski definition) is 1. The summed E-state index contributed by atoms with van der Waals surface area (Å²) in [4.78, 5) is 27.3. The van der Waals surface area contributed by atoms with Crippen molar-refractivity contribution in [2.45, 2.75) is 38.3 Å². The largest absolute Gasteiger partial charge is 0.481 e. The van der Waals surface area contributed by atoms with Gasteiger partial charge >= 0.3 is 12.0 Å². The molecule has 1 N–H and O–H groups in total. The predicted molar refractivity (Wildman–Crippen MR) is 80.2 cm³/mol. The van der Waals surface area contributed by atoms with Crippen molar-refractivity contribution < 1.29 is 14.7 Å². The lowest BCUT2D eigenvalue weighted by molar-refractivity contribution is -0.138. The highest BCUT2D eigenvalue weighted by molar-refractivity contribution is 7.07. The third kappa shape index (κ3) is 3.56. The maximum Gasteiger partial charge on any atom is 0.320 e. The molecule has 0 radical (unpaired) electrons. The topological polar surface area (TPSA) is 60.9 Å². The number of nitrogens with zero attached hydrogens (tertiary/aromatic N) is 2. The van der Waals surface area contributed by atoms with Crippen molar-refractivity contribution in [1.82, 2.24) is 9.80 Å². The van der Waals surface area contributed by atoms with Crippen molar-refractivity contribution in [3.63, 3.8) is 0 Å². The first-order chi connectivity index (χ1) is 10.1. The van der Waals surface area contributed by atoms with Crippen molar-refractivity contribution in [3.05, 3.63) is 22.4 Å². The number of likely N-dealkylation sites (tertiary alicyclic amines) is 1. The van der Waals surface area contributed by atoms with Gasteiger partial charge in [-0.05, 0) is 47.6 Å². The highest BCUT2D eigenvalue weighted by Crippen LogP contribution is 2.31. The van der Waals surface area contributed by atoms with E-state index in [4.69, 9.17) is 5.11 Å². The van der Waals surface area contributed by atoms with Crippen molar-refractivity contribution >= 4 is 23.3 Å². The molecule has 1 aromatic heterocycles. The second kappa shape index (κ2) is 6.05. The van der Waals surface area contributed by atoms with E-state index in [0.717, 1.165) is 19.3 Å². The molecule has 2 fully saturated rings. The molecule has 1 saturated heterocycles. The molecule has 2 amide bonds. The Labute approximate surface area is 128 Å². The number of carboxylic acid groups (broad SMARTS) is 1. The van der Waals surface area contributed by atoms with Gasteiger partial charge in [-0.25, -0.2) is 4.79 Å². The van der Waals surface area contributed by atoms with Gasteiger partial charge in [0.05, 0.1) is 0 Å². The Hall–Kier alpha value is -1.56. The van der Waals surface area contributed by atoms with E-state index in [0.29, 0.717) is 25.7 Å². The van der Waals surface area contributed by atoms with Crippen LogP contribution in [0.3, 0.4) is 0 Å². The van der Waals surface area contributed by atoms with Gasteiger partial charge in [0.1, 0.15) is 0 Å². The van der Waals surface area contributed by atoms with E-state index < -0.39 is 5.97 Å². The highest BCUT2D eigenvalue weighted by Gasteiger charge is 2.37. The molecule has 114 valence electrons. The van der Waals surface area contributed by atoms with E-state index in [1.807, 2.05) is 15.2 Å². The van der Waals surface area contributed by atoms with Gasteiger partial charge in [0, 0.05) is 32.1 Å². The first-order valence-electron chi connectivity index (χ1n) is 7.42. The molecule has 1 atom stereocenters. The second-order valence-corrected chi connectivity index (χ2v) is 6.75. The lowest BCUT2D eigenvalue weighted by Gasteiger charge is -2.28. The monoisotopic (exact) mass is 308 g/mol. The number of rotatable bonds is 5. The van der Waals surface area contributed by atoms with E-state index >= 15 is 0 Å². The zero-order valence-electron chi connectivity index (χ0n) is 11.9. The van der Waals surface area contributed by atoms with Gasteiger partial charge in [0.25, 0.3) is 0 Å². The molecule has 1 aliphatic carbocycles. The van der Waals surface area contributed by atoms with Gasteiger partial charge < -0.3 is 14.9 Å². The smallest absolute Gasteiger partial charge is 0.320 e. The quantitative estimate of drug-likeness (QED) is 0.909. The summed E-state index contributed by atoms with van der Waals surface area (Å²) in [6.07, 6.45) is 3.14. The Morgan fingerprint density at radius 1 is 1.38 bits per heavy atom. The Morgan fingerprint density at radius 2 is 2.19 bits per heavy atom. The minimum atomic E-state index is -0.772. The minimum absolute atomic E-state index is 0.0802. The Balaban J connectivity index is 1.61. The molecule has 1 aliphatic heterocycles. The number of urea groups is 1. The van der Waals surface area contributed by atoms with Crippen molar-refractivity contribution in [2.24, 2.45) is 5.92 Å². The first kappa shape index (κ1) is 14.4. The van der Waals surface area contributed by atoms with E-state index in [2.05, 4.69) is 11.4 Å². The third-order valence-electron chi connectivity index (χ3n) is 4.19. The summed E-state index contributed by atoms with van der Waals surface area (Å²) in [6, 6.07) is 2.51. The fraction of sp³-hybridized carbons (Fsp3) is 0.600. The molecule has 2 heterocycles. The van der Waals surface area contributed by atoms with Crippen LogP contribution in [0.2, 0.25) is 0 Å². The molecule has 5 nitrogen and oxygen atoms in total. The van der Waals surface area contributed by atoms with E-state index in [-0.39, 0.29) is 18.4 Å². The second-order valence-electron chi connectivity index (χ2n) is 5.97. The summed E-state index contributed by atoms with van der Waals surface area (Å²) in [5, 5.41) is 13.0. The van der Waals surface area contributed by atoms with E-state index in [1.165, 1.54) is 5.56 Å². The van der Waals surface area contributed by atoms with Gasteiger partial charge in [0.2, 0.25) is 0 Å². The fourth-order valence-electron chi connectivity index (χ4n) is 2.92. The average Bonchev–Trinajstić information content (AvgIpc) is 2.96. The number of thiophene rings is 1. The fourth-order valence-corrected chi connectivity index (χ4v) is 3.58. The van der Waals surface area contributed by atoms with Crippen LogP contribution >= 0.6 is 11.3 Å². The number of amides is 2. The molecule has 2 aliphatic rings. The van der Waals surface area contributed by atoms with E-state index in [1.54, 1.807) is 11.3 Å². The van der Waals surface area contributed by atoms with Crippen LogP contribution < -0.4 is 0 Å². The minimum Gasteiger partial charge on any atom is -0.481 e. The van der Waals surface area contributed by atoms with Crippen LogP contribution in [0.1, 0.15) is 31.2 Å². The highest BCUT2D eigenvalue weighted by atomic mass is 32.1. The van der Waals surface area contributed by atoms with E-state index in [9.17, 15) is 9.59 Å². The predicted octanol–water partition coefficient (Wildman–Crippen LogP) is 2.63. The molecule has 6 heteroatoms. The maximum atomic E-state index is 12.7. The molecule has 21 heavy (non-hydrogen) atoms. The Morgan fingerprint density at radius 3 is 2.81 bits per heavy atom. The van der Waals surface area contributed by atoms with Gasteiger partial charge in [-0.2, -0.15) is 11.3 Å². The van der Waals surface area contributed by atoms with Crippen molar-refractivity contribution in [1.29, 1.82) is 0 Å². The Kier molecular flexibility index (Phi) is 4.14. The van der Waals surface area contributed by atoms with Gasteiger partial charge in [-0.3, -0.25) is 4.79 Å². The van der Waals surface area contributed by atoms with Crippen molar-refractivity contribution in [2.75, 3.05) is 13.1 Å². The van der Waals surface area contributed by atoms with Gasteiger partial charge in [0.15, 0.2) is 0 Å². The van der Waals surface area contributed by atoms with Gasteiger partial charge in [-0.15, -0.1) is 0 Å². The van der Waals surface area contributed by atoms with Crippen LogP contribution in [0, 0.1) is 5.92 Å². The summed E-state index contributed by atoms with van der Waals surface area (Å²) >= 11 is 1.65. The van der Waals surface area contributed by atoms with Crippen LogP contribution in [0.15, 0.2) is 16.8 Å². The maximum absolute atomic E-state index is 12.7. The number of carbonyl (C=O) groups excluding carboxylic acids is 1. The zero-order chi connectivity index (χ0) is 14.8. The normalized spacial score (nSPS) is 21.5. The standard InChI is InChI=1S/C15H20N2O3S/c18-14(19)7-11-3-5-16(8-11)15(20)17(13-1-2-13)9-12-4-6-21-10-12/h4,6,10-11,13H,1-3,5,7-9H2,(H,18,19). The molecule has 1 unspecified atom stereocenters. The molecular weight excluding hydrogens is 288 g/mol. The third-order valence-corrected chi connectivity index (χ3v) is 4.92. The number of hydrogen-bond acceptors (Lipinski definition) is 3. The van der Waals surface area contributed by atoms with Crippen LogP contribution in [0.25, 0.3) is 0 Å². The molecule has 0 spiro atoms. The summed E-state index contributed by atoms with van der Waals surface area (Å²) < 4.78 is 0. The number of carbonyl (C=O) groups is 2. The molecule has 0 aromatic carbocycles. The SMILES string of the molecule is O=C(O)CC1CCN(C(=O)N(Cc2ccsc2)C2CC2)C1. The van der Waals surface area contributed by atoms with Crippen LogP contribution in [0.4, 0.5) is 4.79 Å². The summed E-state index contributed by atoms with van der Waals surface area (Å²) in [5.41, 5.74) is 1.18. The lowest BCUT2D eigenvalue weighted by atomic mass is 10.1. The Bertz CT molecular complexity index is 513. The van der Waals surface area contributed by atoms with Gasteiger partial charge in [-0.1, -0.05) is 0 Å². The number of aliphatic carboxylic acids is 1. The van der Waals surface area contributed by atoms with Crippen LogP contribution in [-0.2, 0) is 11.3 Å². The molecule has 1 aromatic rings. The van der Waals surface area contributed by atoms with Crippen molar-refractivity contribution in [3.8, 4) is 0 Å². The molecule has 1 saturated carbocycles. The van der Waals surface area contributed by atoms with Crippen LogP contribution in [0.5, 0.6) is 0 Å². The molecule has 0 bridgehead atoms. The van der Waals surface area contributed by atoms with Crippen LogP contribution in [-0.4, -0.2) is 46.0 Å². The summed E-state index contributed by atoms with van der Waals surface area (Å²) in [6.45, 7) is 1.94. The lowest BCUT2D eigenvalue weighted by Crippen LogP contribution is -2.43. The molecular formula is C15H20N2O3S. The summed E-state index contributed by atoms with van der Waals surface area (Å²) in [7, 11) is 0. The average molecular weight is 308 g/mol. The summed E-state index contributed by atoms with van der Waals surface area (Å²) in [5.74, 6) is -0.666. The molecule has 3 rings (SSSR count).